The highest BCUT2D eigenvalue weighted by Gasteiger charge is 2.22. The molecule has 0 aromatic heterocycles. The Kier molecular flexibility index (Phi) is 6.40. The molecule has 0 amide bonds. The molecule has 0 fully saturated rings. The van der Waals surface area contributed by atoms with Crippen LogP contribution in [0.4, 0.5) is 0 Å². The summed E-state index contributed by atoms with van der Waals surface area (Å²) >= 11 is 0. The first-order valence-electron chi connectivity index (χ1n) is 5.08. The lowest BCUT2D eigenvalue weighted by Crippen LogP contribution is -2.31. The molecule has 0 saturated carbocycles. The first kappa shape index (κ1) is 13.6. The Morgan fingerprint density at radius 1 is 1.15 bits per heavy atom. The maximum Gasteiger partial charge on any atom is 0.186 e. The van der Waals surface area contributed by atoms with Crippen molar-refractivity contribution in [3.8, 4) is 0 Å². The fourth-order valence-electron chi connectivity index (χ4n) is 1.19. The maximum atomic E-state index is 5.93. The van der Waals surface area contributed by atoms with Gasteiger partial charge in [0.2, 0.25) is 0 Å². The van der Waals surface area contributed by atoms with Crippen molar-refractivity contribution in [2.45, 2.75) is 44.8 Å². The van der Waals surface area contributed by atoms with E-state index in [0.717, 1.165) is 0 Å². The van der Waals surface area contributed by atoms with Crippen LogP contribution in [0.25, 0.3) is 0 Å². The Bertz CT molecular complexity index is 139. The van der Waals surface area contributed by atoms with Crippen LogP contribution in [0.5, 0.6) is 0 Å². The quantitative estimate of drug-likeness (QED) is 0.658. The molecule has 0 rings (SSSR count). The highest BCUT2D eigenvalue weighted by atomic mass is 28.4. The first-order chi connectivity index (χ1) is 5.87. The van der Waals surface area contributed by atoms with Gasteiger partial charge in [-0.05, 0) is 44.8 Å². The van der Waals surface area contributed by atoms with Crippen molar-refractivity contribution in [1.29, 1.82) is 0 Å². The van der Waals surface area contributed by atoms with Crippen LogP contribution in [0.2, 0.25) is 44.8 Å². The molecule has 0 aliphatic heterocycles. The van der Waals surface area contributed by atoms with Crippen LogP contribution in [0.3, 0.4) is 0 Å². The van der Waals surface area contributed by atoms with Gasteiger partial charge in [-0.2, -0.15) is 0 Å². The van der Waals surface area contributed by atoms with E-state index in [4.69, 9.17) is 8.54 Å². The van der Waals surface area contributed by atoms with Crippen molar-refractivity contribution in [2.75, 3.05) is 7.11 Å². The molecular formula is C8H24O2Si3. The molecule has 13 heavy (non-hydrogen) atoms. The van der Waals surface area contributed by atoms with Gasteiger partial charge >= 0.3 is 0 Å². The topological polar surface area (TPSA) is 18.5 Å². The zero-order chi connectivity index (χ0) is 10.5. The Labute approximate surface area is 87.2 Å². The van der Waals surface area contributed by atoms with Crippen LogP contribution < -0.4 is 0 Å². The van der Waals surface area contributed by atoms with E-state index in [0.29, 0.717) is 0 Å². The van der Waals surface area contributed by atoms with Gasteiger partial charge in [0, 0.05) is 7.11 Å². The molecule has 0 aromatic carbocycles. The number of hydrogen-bond donors (Lipinski definition) is 0. The second-order valence-electron chi connectivity index (χ2n) is 4.50. The summed E-state index contributed by atoms with van der Waals surface area (Å²) in [5, 5.41) is 0. The molecule has 80 valence electrons. The molecule has 1 atom stereocenters. The molecule has 0 aliphatic carbocycles. The van der Waals surface area contributed by atoms with E-state index in [1.54, 1.807) is 0 Å². The summed E-state index contributed by atoms with van der Waals surface area (Å²) in [5.41, 5.74) is 0. The summed E-state index contributed by atoms with van der Waals surface area (Å²) in [6.07, 6.45) is 0. The van der Waals surface area contributed by atoms with E-state index in [9.17, 15) is 0 Å². The van der Waals surface area contributed by atoms with Gasteiger partial charge in [0.1, 0.15) is 0 Å². The Morgan fingerprint density at radius 2 is 1.69 bits per heavy atom. The Morgan fingerprint density at radius 3 is 2.08 bits per heavy atom. The summed E-state index contributed by atoms with van der Waals surface area (Å²) in [6.45, 7) is 11.4. The summed E-state index contributed by atoms with van der Waals surface area (Å²) in [7, 11) is -1.12. The molecule has 0 N–H and O–H groups in total. The smallest absolute Gasteiger partial charge is 0.186 e. The monoisotopic (exact) mass is 236 g/mol. The summed E-state index contributed by atoms with van der Waals surface area (Å²) < 4.78 is 11.4. The lowest BCUT2D eigenvalue weighted by atomic mass is 10.9. The minimum Gasteiger partial charge on any atom is -0.461 e. The zero-order valence-electron chi connectivity index (χ0n) is 9.89. The third-order valence-electron chi connectivity index (χ3n) is 2.21. The minimum atomic E-state index is -1.32. The molecule has 2 nitrogen and oxygen atoms in total. The predicted molar refractivity (Wildman–Crippen MR) is 67.1 cm³/mol. The van der Waals surface area contributed by atoms with Crippen LogP contribution >= 0.6 is 0 Å². The van der Waals surface area contributed by atoms with Gasteiger partial charge in [-0.15, -0.1) is 0 Å². The van der Waals surface area contributed by atoms with E-state index in [-0.39, 0.29) is 0 Å². The highest BCUT2D eigenvalue weighted by molar-refractivity contribution is 6.73. The van der Waals surface area contributed by atoms with Crippen molar-refractivity contribution in [3.63, 3.8) is 0 Å². The Balaban J connectivity index is 3.63. The summed E-state index contributed by atoms with van der Waals surface area (Å²) in [6, 6.07) is 2.55. The molecular weight excluding hydrogens is 212 g/mol. The second kappa shape index (κ2) is 6.13. The van der Waals surface area contributed by atoms with Gasteiger partial charge in [0.05, 0.1) is 0 Å². The van der Waals surface area contributed by atoms with Crippen LogP contribution in [0.1, 0.15) is 0 Å². The molecule has 0 saturated heterocycles. The van der Waals surface area contributed by atoms with Crippen LogP contribution in [0.15, 0.2) is 0 Å². The third kappa shape index (κ3) is 7.63. The largest absolute Gasteiger partial charge is 0.461 e. The van der Waals surface area contributed by atoms with Crippen LogP contribution in [-0.4, -0.2) is 33.5 Å². The molecule has 0 aliphatic rings. The number of hydrogen-bond acceptors (Lipinski definition) is 2. The number of rotatable bonds is 6. The summed E-state index contributed by atoms with van der Waals surface area (Å²) in [4.78, 5) is 0. The van der Waals surface area contributed by atoms with Gasteiger partial charge in [-0.3, -0.25) is 0 Å². The van der Waals surface area contributed by atoms with Crippen LogP contribution in [-0.2, 0) is 8.54 Å². The SMILES string of the molecule is CO[Si](C)(C)CC[SiH](C)O[SiH](C)C. The molecule has 0 aromatic rings. The second-order valence-corrected chi connectivity index (χ2v) is 14.3. The van der Waals surface area contributed by atoms with Crippen molar-refractivity contribution in [3.05, 3.63) is 0 Å². The molecule has 0 heterocycles. The van der Waals surface area contributed by atoms with E-state index in [1.807, 2.05) is 7.11 Å². The van der Waals surface area contributed by atoms with Gasteiger partial charge in [-0.25, -0.2) is 0 Å². The fourth-order valence-corrected chi connectivity index (χ4v) is 10.1. The molecule has 5 heteroatoms. The molecule has 1 unspecified atom stereocenters. The predicted octanol–water partition coefficient (Wildman–Crippen LogP) is 2.19. The van der Waals surface area contributed by atoms with Gasteiger partial charge in [-0.1, -0.05) is 0 Å². The standard InChI is InChI=1S/C8H24O2Si3/c1-9-13(5,6)8-7-12(4)10-11(2)3/h11-12H,7-8H2,1-6H3. The zero-order valence-corrected chi connectivity index (χ0v) is 13.2. The molecule has 0 radical (unpaired) electrons. The normalized spacial score (nSPS) is 15.0. The van der Waals surface area contributed by atoms with E-state index in [1.165, 1.54) is 12.1 Å². The van der Waals surface area contributed by atoms with Gasteiger partial charge in [0.15, 0.2) is 26.4 Å². The summed E-state index contributed by atoms with van der Waals surface area (Å²) in [5.74, 6) is 0. The average Bonchev–Trinajstić information content (AvgIpc) is 2.00. The Hall–Kier alpha value is 0.571. The van der Waals surface area contributed by atoms with Gasteiger partial charge in [0.25, 0.3) is 0 Å². The third-order valence-corrected chi connectivity index (χ3v) is 10.5. The molecule has 0 spiro atoms. The highest BCUT2D eigenvalue weighted by Crippen LogP contribution is 2.15. The minimum absolute atomic E-state index is 0.787. The lowest BCUT2D eigenvalue weighted by Gasteiger charge is -2.22. The average molecular weight is 237 g/mol. The van der Waals surface area contributed by atoms with Crippen LogP contribution in [0, 0.1) is 0 Å². The first-order valence-corrected chi connectivity index (χ1v) is 13.4. The van der Waals surface area contributed by atoms with Crippen molar-refractivity contribution in [1.82, 2.24) is 0 Å². The maximum absolute atomic E-state index is 5.93. The van der Waals surface area contributed by atoms with Crippen molar-refractivity contribution in [2.24, 2.45) is 0 Å². The lowest BCUT2D eigenvalue weighted by molar-refractivity contribution is 0.404. The fraction of sp³-hybridized carbons (Fsp3) is 1.00. The van der Waals surface area contributed by atoms with E-state index in [2.05, 4.69) is 32.7 Å². The van der Waals surface area contributed by atoms with Crippen molar-refractivity contribution < 1.29 is 8.54 Å². The van der Waals surface area contributed by atoms with Gasteiger partial charge < -0.3 is 8.54 Å². The van der Waals surface area contributed by atoms with E-state index < -0.39 is 26.4 Å². The van der Waals surface area contributed by atoms with E-state index >= 15 is 0 Å². The molecule has 0 bridgehead atoms. The van der Waals surface area contributed by atoms with Crippen molar-refractivity contribution >= 4 is 26.4 Å².